The number of aliphatic hydroxyl groups is 1. The summed E-state index contributed by atoms with van der Waals surface area (Å²) in [7, 11) is 0. The van der Waals surface area contributed by atoms with Gasteiger partial charge in [0.05, 0.1) is 12.3 Å². The van der Waals surface area contributed by atoms with Gasteiger partial charge in [-0.1, -0.05) is 17.0 Å². The molecule has 2 aliphatic heterocycles. The summed E-state index contributed by atoms with van der Waals surface area (Å²) in [5, 5.41) is 11.6. The zero-order valence-corrected chi connectivity index (χ0v) is 14.6. The van der Waals surface area contributed by atoms with Gasteiger partial charge in [-0.3, -0.25) is 9.69 Å². The van der Waals surface area contributed by atoms with Gasteiger partial charge in [-0.15, -0.1) is 0 Å². The van der Waals surface area contributed by atoms with Gasteiger partial charge >= 0.3 is 0 Å². The second-order valence-electron chi connectivity index (χ2n) is 6.29. The highest BCUT2D eigenvalue weighted by Gasteiger charge is 2.35. The Kier molecular flexibility index (Phi) is 4.72. The third-order valence-electron chi connectivity index (χ3n) is 4.35. The van der Waals surface area contributed by atoms with E-state index in [2.05, 4.69) is 10.3 Å². The molecule has 141 valence electrons. The van der Waals surface area contributed by atoms with Crippen LogP contribution in [-0.4, -0.2) is 23.5 Å². The van der Waals surface area contributed by atoms with Crippen molar-refractivity contribution in [2.24, 2.45) is 4.99 Å². The van der Waals surface area contributed by atoms with Gasteiger partial charge in [-0.25, -0.2) is 8.78 Å². The second kappa shape index (κ2) is 7.34. The van der Waals surface area contributed by atoms with Crippen molar-refractivity contribution in [1.29, 1.82) is 0 Å². The van der Waals surface area contributed by atoms with E-state index >= 15 is 0 Å². The number of halogens is 2. The van der Waals surface area contributed by atoms with E-state index < -0.39 is 17.5 Å². The summed E-state index contributed by atoms with van der Waals surface area (Å²) >= 11 is 0. The average molecular weight is 382 g/mol. The van der Waals surface area contributed by atoms with Crippen molar-refractivity contribution in [2.45, 2.75) is 6.61 Å². The van der Waals surface area contributed by atoms with E-state index in [-0.39, 0.29) is 18.0 Å². The maximum atomic E-state index is 13.7. The SMILES string of the molecule is O=C(Nc1cc(F)ccc1F)C1=C[N+]2CN(c3cccc(CO)c3)C=CC2=N1. The van der Waals surface area contributed by atoms with E-state index in [0.717, 1.165) is 29.4 Å². The van der Waals surface area contributed by atoms with Crippen molar-refractivity contribution in [2.75, 3.05) is 16.9 Å². The summed E-state index contributed by atoms with van der Waals surface area (Å²) in [6, 6.07) is 10.3. The molecule has 2 aromatic rings. The predicted molar refractivity (Wildman–Crippen MR) is 101 cm³/mol. The van der Waals surface area contributed by atoms with Crippen molar-refractivity contribution < 1.29 is 18.7 Å². The quantitative estimate of drug-likeness (QED) is 0.799. The third-order valence-corrected chi connectivity index (χ3v) is 4.35. The van der Waals surface area contributed by atoms with Crippen molar-refractivity contribution in [3.8, 4) is 0 Å². The Morgan fingerprint density at radius 3 is 2.93 bits per heavy atom. The summed E-state index contributed by atoms with van der Waals surface area (Å²) in [4.78, 5) is 20.3. The molecular weight excluding hydrogens is 366 g/mol. The number of anilines is 2. The lowest BCUT2D eigenvalue weighted by Crippen LogP contribution is -2.41. The van der Waals surface area contributed by atoms with Gasteiger partial charge in [0.25, 0.3) is 11.7 Å². The molecule has 0 saturated heterocycles. The van der Waals surface area contributed by atoms with Crippen molar-refractivity contribution in [3.05, 3.63) is 83.8 Å². The third kappa shape index (κ3) is 3.55. The van der Waals surface area contributed by atoms with Crippen LogP contribution in [0.1, 0.15) is 5.56 Å². The Bertz CT molecular complexity index is 1030. The molecule has 0 aliphatic carbocycles. The lowest BCUT2D eigenvalue weighted by Gasteiger charge is -2.22. The van der Waals surface area contributed by atoms with Gasteiger partial charge in [0.15, 0.2) is 11.9 Å². The van der Waals surface area contributed by atoms with E-state index in [1.54, 1.807) is 17.2 Å². The molecule has 0 atom stereocenters. The smallest absolute Gasteiger partial charge is 0.285 e. The molecule has 0 fully saturated rings. The van der Waals surface area contributed by atoms with Gasteiger partial charge in [0.1, 0.15) is 11.6 Å². The molecule has 1 amide bonds. The molecule has 4 rings (SSSR count). The fourth-order valence-corrected chi connectivity index (χ4v) is 2.93. The molecule has 0 saturated carbocycles. The van der Waals surface area contributed by atoms with E-state index in [1.807, 2.05) is 35.4 Å². The van der Waals surface area contributed by atoms with Crippen LogP contribution in [0, 0.1) is 11.6 Å². The van der Waals surface area contributed by atoms with Crippen LogP contribution >= 0.6 is 0 Å². The lowest BCUT2D eigenvalue weighted by molar-refractivity contribution is -0.112. The van der Waals surface area contributed by atoms with Crippen LogP contribution < -0.4 is 15.1 Å². The first-order valence-electron chi connectivity index (χ1n) is 8.52. The number of benzene rings is 2. The molecule has 1 radical (unpaired) electrons. The highest BCUT2D eigenvalue weighted by Crippen LogP contribution is 2.23. The zero-order valence-electron chi connectivity index (χ0n) is 14.6. The molecule has 8 heteroatoms. The van der Waals surface area contributed by atoms with Crippen LogP contribution in [0.4, 0.5) is 20.2 Å². The number of nitrogens with one attached hydrogen (secondary N) is 1. The monoisotopic (exact) mass is 382 g/mol. The van der Waals surface area contributed by atoms with Gasteiger partial charge < -0.3 is 10.4 Å². The van der Waals surface area contributed by atoms with Gasteiger partial charge in [-0.2, -0.15) is 4.99 Å². The Morgan fingerprint density at radius 2 is 2.11 bits per heavy atom. The van der Waals surface area contributed by atoms with Crippen molar-refractivity contribution in [1.82, 2.24) is 4.90 Å². The van der Waals surface area contributed by atoms with Crippen LogP contribution in [0.25, 0.3) is 0 Å². The summed E-state index contributed by atoms with van der Waals surface area (Å²) < 4.78 is 27.0. The molecular formula is C20H16F2N4O2+. The standard InChI is InChI=1S/C20H16F2N4O2/c21-14-4-5-16(22)17(9-14)24-20(28)18-10-26-12-25(7-6-19(26)23-18)15-3-1-2-13(8-15)11-27/h1-10,27H,11-12H2,(H,24,28)/q+1. The van der Waals surface area contributed by atoms with Crippen LogP contribution in [0.5, 0.6) is 0 Å². The molecule has 6 nitrogen and oxygen atoms in total. The second-order valence-corrected chi connectivity index (χ2v) is 6.29. The molecule has 2 heterocycles. The number of amidine groups is 1. The number of nitrogens with zero attached hydrogens (tertiary/aromatic N) is 3. The minimum absolute atomic E-state index is 0.0529. The number of hydrogen-bond acceptors (Lipinski definition) is 5. The Balaban J connectivity index is 1.50. The Hall–Kier alpha value is -3.36. The van der Waals surface area contributed by atoms with Crippen molar-refractivity contribution >= 4 is 23.1 Å². The summed E-state index contributed by atoms with van der Waals surface area (Å²) in [5.41, 5.74) is 1.53. The molecule has 2 aliphatic rings. The van der Waals surface area contributed by atoms with E-state index in [0.29, 0.717) is 12.5 Å². The predicted octanol–water partition coefficient (Wildman–Crippen LogP) is 2.78. The average Bonchev–Trinajstić information content (AvgIpc) is 3.14. The van der Waals surface area contributed by atoms with Crippen molar-refractivity contribution in [3.63, 3.8) is 0 Å². The molecule has 0 unspecified atom stereocenters. The largest absolute Gasteiger partial charge is 0.392 e. The summed E-state index contributed by atoms with van der Waals surface area (Å²) in [6.07, 6.45) is 5.12. The number of fused-ring (bicyclic) bond motifs is 1. The zero-order chi connectivity index (χ0) is 19.7. The molecule has 0 bridgehead atoms. The molecule has 28 heavy (non-hydrogen) atoms. The number of aliphatic hydroxyl groups excluding tert-OH is 1. The fraction of sp³-hybridized carbons (Fsp3) is 0.100. The van der Waals surface area contributed by atoms with Crippen LogP contribution in [0.3, 0.4) is 0 Å². The minimum Gasteiger partial charge on any atom is -0.392 e. The highest BCUT2D eigenvalue weighted by atomic mass is 19.1. The van der Waals surface area contributed by atoms with E-state index in [4.69, 9.17) is 0 Å². The molecule has 2 aromatic carbocycles. The first-order valence-corrected chi connectivity index (χ1v) is 8.52. The fourth-order valence-electron chi connectivity index (χ4n) is 2.93. The summed E-state index contributed by atoms with van der Waals surface area (Å²) in [6.45, 7) is 0.359. The van der Waals surface area contributed by atoms with E-state index in [9.17, 15) is 18.7 Å². The maximum absolute atomic E-state index is 13.7. The van der Waals surface area contributed by atoms with Crippen LogP contribution in [0.2, 0.25) is 0 Å². The number of carbonyl (C=O) groups excluding carboxylic acids is 1. The Morgan fingerprint density at radius 1 is 1.25 bits per heavy atom. The minimum atomic E-state index is -0.728. The molecule has 0 aromatic heterocycles. The molecule has 2 N–H and O–H groups in total. The number of rotatable bonds is 4. The van der Waals surface area contributed by atoms with Crippen LogP contribution in [0.15, 0.2) is 71.6 Å². The number of hydrogen-bond donors (Lipinski definition) is 2. The Labute approximate surface area is 159 Å². The van der Waals surface area contributed by atoms with Crippen LogP contribution in [-0.2, 0) is 11.4 Å². The normalized spacial score (nSPS) is 15.9. The molecule has 0 spiro atoms. The number of carbonyl (C=O) groups is 1. The first kappa shape index (κ1) is 18.0. The number of amides is 1. The van der Waals surface area contributed by atoms with Gasteiger partial charge in [-0.05, 0) is 29.8 Å². The van der Waals surface area contributed by atoms with Gasteiger partial charge in [0, 0.05) is 24.0 Å². The maximum Gasteiger partial charge on any atom is 0.285 e. The highest BCUT2D eigenvalue weighted by molar-refractivity contribution is 6.10. The summed E-state index contributed by atoms with van der Waals surface area (Å²) in [5.74, 6) is -1.44. The van der Waals surface area contributed by atoms with Gasteiger partial charge in [0.2, 0.25) is 6.67 Å². The number of aliphatic imine (C=N–C) groups is 1. The lowest BCUT2D eigenvalue weighted by atomic mass is 10.2. The topological polar surface area (TPSA) is 70.8 Å². The van der Waals surface area contributed by atoms with E-state index in [1.165, 1.54) is 0 Å². The first-order chi connectivity index (χ1) is 13.5.